The van der Waals surface area contributed by atoms with Gasteiger partial charge < -0.3 is 15.0 Å². The topological polar surface area (TPSA) is 75.9 Å². The number of phenolic OH excluding ortho intramolecular Hbond substituents is 1. The molecule has 0 saturated carbocycles. The minimum absolute atomic E-state index is 0.0198. The summed E-state index contributed by atoms with van der Waals surface area (Å²) >= 11 is 1.36. The fourth-order valence-corrected chi connectivity index (χ4v) is 5.05. The van der Waals surface area contributed by atoms with E-state index in [0.29, 0.717) is 22.0 Å². The summed E-state index contributed by atoms with van der Waals surface area (Å²) in [5.74, 6) is 0.123. The first kappa shape index (κ1) is 17.5. The van der Waals surface area contributed by atoms with Crippen LogP contribution >= 0.6 is 11.3 Å². The highest BCUT2D eigenvalue weighted by Crippen LogP contribution is 2.41. The largest absolute Gasteiger partial charge is 0.507 e. The van der Waals surface area contributed by atoms with Crippen molar-refractivity contribution in [2.24, 2.45) is 0 Å². The molecule has 2 aromatic heterocycles. The van der Waals surface area contributed by atoms with Crippen molar-refractivity contribution in [1.82, 2.24) is 25.1 Å². The van der Waals surface area contributed by atoms with Gasteiger partial charge in [-0.05, 0) is 50.0 Å². The van der Waals surface area contributed by atoms with Crippen molar-refractivity contribution in [1.29, 1.82) is 0 Å². The van der Waals surface area contributed by atoms with E-state index in [1.165, 1.54) is 11.3 Å². The number of aromatic hydroxyl groups is 1. The maximum atomic E-state index is 14.7. The normalized spacial score (nSPS) is 28.1. The Hall–Kier alpha value is -2.58. The number of aromatic nitrogens is 4. The summed E-state index contributed by atoms with van der Waals surface area (Å²) in [5.41, 5.74) is 2.18. The lowest BCUT2D eigenvalue weighted by Crippen LogP contribution is -2.50. The molecule has 144 valence electrons. The number of piperidine rings is 1. The monoisotopic (exact) mass is 397 g/mol. The van der Waals surface area contributed by atoms with Crippen LogP contribution in [0.2, 0.25) is 0 Å². The Bertz CT molecular complexity index is 1050. The number of rotatable bonds is 3. The number of nitrogens with one attached hydrogen (secondary N) is 1. The van der Waals surface area contributed by atoms with Crippen molar-refractivity contribution in [2.45, 2.75) is 43.9 Å². The van der Waals surface area contributed by atoms with Crippen molar-refractivity contribution in [3.63, 3.8) is 0 Å². The van der Waals surface area contributed by atoms with E-state index >= 15 is 0 Å². The zero-order valence-electron chi connectivity index (χ0n) is 15.3. The van der Waals surface area contributed by atoms with Crippen molar-refractivity contribution < 1.29 is 9.50 Å². The van der Waals surface area contributed by atoms with Gasteiger partial charge in [-0.1, -0.05) is 11.3 Å². The van der Waals surface area contributed by atoms with Crippen LogP contribution in [0.25, 0.3) is 22.3 Å². The first-order valence-electron chi connectivity index (χ1n) is 9.28. The Morgan fingerprint density at radius 1 is 1.39 bits per heavy atom. The molecule has 8 heteroatoms. The second-order valence-corrected chi connectivity index (χ2v) is 8.77. The minimum Gasteiger partial charge on any atom is -0.507 e. The average Bonchev–Trinajstić information content (AvgIpc) is 3.40. The van der Waals surface area contributed by atoms with Crippen molar-refractivity contribution in [2.75, 3.05) is 0 Å². The molecular weight excluding hydrogens is 377 g/mol. The molecule has 2 aliphatic rings. The summed E-state index contributed by atoms with van der Waals surface area (Å²) in [6, 6.07) is 5.27. The number of alkyl halides is 1. The molecule has 2 fully saturated rings. The summed E-state index contributed by atoms with van der Waals surface area (Å²) < 4.78 is 16.6. The highest BCUT2D eigenvalue weighted by atomic mass is 32.1. The molecule has 2 bridgehead atoms. The molecule has 2 saturated heterocycles. The molecule has 1 aromatic carbocycles. The standard InChI is InChI=1S/C20H20FN5OS/c1-20-5-4-15(23-20)18(21)12(10-20)8-17-24-25-19(28-17)14-3-2-13(9-16(14)27)26-7-6-22-11-26/h2-3,6-9,11,15,18,23,27H,4-5,10H2,1H3/b12-8-/t15?,18-,20-/m0/s1. The molecule has 28 heavy (non-hydrogen) atoms. The zero-order valence-corrected chi connectivity index (χ0v) is 16.2. The van der Waals surface area contributed by atoms with Crippen LogP contribution in [0.1, 0.15) is 31.2 Å². The van der Waals surface area contributed by atoms with Crippen molar-refractivity contribution in [3.8, 4) is 22.0 Å². The Morgan fingerprint density at radius 3 is 3.07 bits per heavy atom. The quantitative estimate of drug-likeness (QED) is 0.704. The second-order valence-electron chi connectivity index (χ2n) is 7.76. The number of fused-ring (bicyclic) bond motifs is 2. The first-order valence-corrected chi connectivity index (χ1v) is 10.1. The Balaban J connectivity index is 1.42. The smallest absolute Gasteiger partial charge is 0.151 e. The van der Waals surface area contributed by atoms with Crippen molar-refractivity contribution in [3.05, 3.63) is 47.5 Å². The molecular formula is C20H20FN5OS. The van der Waals surface area contributed by atoms with Crippen molar-refractivity contribution >= 4 is 17.4 Å². The number of nitrogens with zero attached hydrogens (tertiary/aromatic N) is 4. The molecule has 3 atom stereocenters. The van der Waals surface area contributed by atoms with Gasteiger partial charge in [0.1, 0.15) is 16.9 Å². The molecule has 1 unspecified atom stereocenters. The van der Waals surface area contributed by atoms with Gasteiger partial charge in [0.15, 0.2) is 5.01 Å². The molecule has 6 nitrogen and oxygen atoms in total. The number of hydrogen-bond acceptors (Lipinski definition) is 6. The Labute approximate surface area is 165 Å². The molecule has 2 aliphatic heterocycles. The van der Waals surface area contributed by atoms with E-state index in [-0.39, 0.29) is 17.3 Å². The van der Waals surface area contributed by atoms with Crippen LogP contribution in [-0.2, 0) is 0 Å². The van der Waals surface area contributed by atoms with Gasteiger partial charge in [-0.15, -0.1) is 10.2 Å². The third-order valence-electron chi connectivity index (χ3n) is 5.61. The highest BCUT2D eigenvalue weighted by molar-refractivity contribution is 7.15. The van der Waals surface area contributed by atoms with E-state index in [4.69, 9.17) is 0 Å². The fourth-order valence-electron chi connectivity index (χ4n) is 4.20. The first-order chi connectivity index (χ1) is 13.5. The highest BCUT2D eigenvalue weighted by Gasteiger charge is 2.45. The lowest BCUT2D eigenvalue weighted by Gasteiger charge is -2.35. The predicted molar refractivity (Wildman–Crippen MR) is 106 cm³/mol. The summed E-state index contributed by atoms with van der Waals surface area (Å²) in [5, 5.41) is 23.5. The minimum atomic E-state index is -0.981. The third kappa shape index (κ3) is 3.02. The molecule has 5 rings (SSSR count). The molecule has 2 N–H and O–H groups in total. The number of halogens is 1. The molecule has 3 aromatic rings. The predicted octanol–water partition coefficient (Wildman–Crippen LogP) is 3.73. The zero-order chi connectivity index (χ0) is 19.3. The molecule has 4 heterocycles. The third-order valence-corrected chi connectivity index (χ3v) is 6.51. The van der Waals surface area contributed by atoms with Gasteiger partial charge >= 0.3 is 0 Å². The molecule has 0 spiro atoms. The Morgan fingerprint density at radius 2 is 2.29 bits per heavy atom. The van der Waals surface area contributed by atoms with E-state index in [0.717, 1.165) is 24.1 Å². The van der Waals surface area contributed by atoms with Crippen LogP contribution < -0.4 is 5.32 Å². The van der Waals surface area contributed by atoms with Crippen LogP contribution in [0.5, 0.6) is 5.75 Å². The van der Waals surface area contributed by atoms with Gasteiger partial charge in [0.25, 0.3) is 0 Å². The molecule has 0 aliphatic carbocycles. The van der Waals surface area contributed by atoms with Gasteiger partial charge in [0.2, 0.25) is 0 Å². The lowest BCUT2D eigenvalue weighted by molar-refractivity contribution is 0.234. The number of hydrogen-bond donors (Lipinski definition) is 2. The van der Waals surface area contributed by atoms with E-state index in [1.807, 2.05) is 29.0 Å². The van der Waals surface area contributed by atoms with Crippen LogP contribution in [0.15, 0.2) is 42.5 Å². The van der Waals surface area contributed by atoms with Gasteiger partial charge in [-0.25, -0.2) is 9.37 Å². The average molecular weight is 397 g/mol. The van der Waals surface area contributed by atoms with Gasteiger partial charge in [-0.2, -0.15) is 0 Å². The lowest BCUT2D eigenvalue weighted by atomic mass is 9.88. The fraction of sp³-hybridized carbons (Fsp3) is 0.350. The summed E-state index contributed by atoms with van der Waals surface area (Å²) in [6.07, 6.45) is 8.56. The van der Waals surface area contributed by atoms with E-state index in [2.05, 4.69) is 27.4 Å². The van der Waals surface area contributed by atoms with Crippen LogP contribution in [-0.4, -0.2) is 42.6 Å². The number of benzene rings is 1. The van der Waals surface area contributed by atoms with Gasteiger partial charge in [-0.3, -0.25) is 0 Å². The summed E-state index contributed by atoms with van der Waals surface area (Å²) in [6.45, 7) is 2.15. The molecule has 0 radical (unpaired) electrons. The van der Waals surface area contributed by atoms with Crippen LogP contribution in [0.3, 0.4) is 0 Å². The summed E-state index contributed by atoms with van der Waals surface area (Å²) in [4.78, 5) is 4.01. The summed E-state index contributed by atoms with van der Waals surface area (Å²) in [7, 11) is 0. The van der Waals surface area contributed by atoms with Crippen LogP contribution in [0, 0.1) is 0 Å². The maximum Gasteiger partial charge on any atom is 0.151 e. The van der Waals surface area contributed by atoms with E-state index in [1.54, 1.807) is 18.6 Å². The van der Waals surface area contributed by atoms with E-state index in [9.17, 15) is 9.50 Å². The molecule has 0 amide bonds. The number of phenols is 1. The SMILES string of the molecule is C[C@@]12CCC(N1)[C@@H](F)/C(=C\c1nnc(-c3ccc(-n4ccnc4)cc3O)s1)C2. The number of imidazole rings is 1. The van der Waals surface area contributed by atoms with Gasteiger partial charge in [0, 0.05) is 30.0 Å². The second kappa shape index (κ2) is 6.49. The maximum absolute atomic E-state index is 14.7. The van der Waals surface area contributed by atoms with E-state index < -0.39 is 6.17 Å². The Kier molecular flexibility index (Phi) is 4.06. The van der Waals surface area contributed by atoms with Gasteiger partial charge in [0.05, 0.1) is 17.6 Å². The van der Waals surface area contributed by atoms with Crippen LogP contribution in [0.4, 0.5) is 4.39 Å².